The lowest BCUT2D eigenvalue weighted by Gasteiger charge is -2.03. The lowest BCUT2D eigenvalue weighted by Crippen LogP contribution is -2.02. The molecule has 0 spiro atoms. The van der Waals surface area contributed by atoms with Crippen LogP contribution in [0.5, 0.6) is 0 Å². The molecule has 3 rings (SSSR count). The molecule has 0 amide bonds. The highest BCUT2D eigenvalue weighted by Gasteiger charge is 2.17. The van der Waals surface area contributed by atoms with Crippen molar-refractivity contribution in [3.8, 4) is 23.0 Å². The molecule has 5 heteroatoms. The molecule has 0 bridgehead atoms. The number of nitriles is 1. The molecule has 4 nitrogen and oxygen atoms in total. The van der Waals surface area contributed by atoms with Crippen molar-refractivity contribution in [1.29, 1.82) is 5.26 Å². The molecule has 0 aliphatic rings. The van der Waals surface area contributed by atoms with Crippen molar-refractivity contribution in [2.24, 2.45) is 0 Å². The van der Waals surface area contributed by atoms with Crippen LogP contribution in [0.3, 0.4) is 0 Å². The largest absolute Gasteiger partial charge is 0.382 e. The molecule has 0 fully saturated rings. The second kappa shape index (κ2) is 5.66. The topological polar surface area (TPSA) is 67.6 Å². The standard InChI is InChI=1S/C17H13BrN4/c1-11-2-8-14(9-3-11)22-17(20)15(10-19)16(21-22)12-4-6-13(18)7-5-12/h2-9H,20H2,1H3. The van der Waals surface area contributed by atoms with Crippen LogP contribution in [0, 0.1) is 18.3 Å². The van der Waals surface area contributed by atoms with Crippen LogP contribution in [0.25, 0.3) is 16.9 Å². The summed E-state index contributed by atoms with van der Waals surface area (Å²) in [6.45, 7) is 2.02. The van der Waals surface area contributed by atoms with E-state index in [-0.39, 0.29) is 0 Å². The summed E-state index contributed by atoms with van der Waals surface area (Å²) in [7, 11) is 0. The van der Waals surface area contributed by atoms with Crippen LogP contribution < -0.4 is 5.73 Å². The minimum absolute atomic E-state index is 0.351. The van der Waals surface area contributed by atoms with Gasteiger partial charge in [0.1, 0.15) is 23.1 Å². The number of aryl methyl sites for hydroxylation is 1. The van der Waals surface area contributed by atoms with E-state index in [4.69, 9.17) is 5.73 Å². The number of hydrogen-bond donors (Lipinski definition) is 1. The van der Waals surface area contributed by atoms with E-state index in [1.165, 1.54) is 0 Å². The summed E-state index contributed by atoms with van der Waals surface area (Å²) in [5.41, 5.74) is 9.95. The molecule has 3 aromatic rings. The Morgan fingerprint density at radius 3 is 2.32 bits per heavy atom. The lowest BCUT2D eigenvalue weighted by atomic mass is 10.1. The quantitative estimate of drug-likeness (QED) is 0.755. The van der Waals surface area contributed by atoms with E-state index in [1.807, 2.05) is 55.5 Å². The molecule has 1 heterocycles. The Morgan fingerprint density at radius 1 is 1.09 bits per heavy atom. The summed E-state index contributed by atoms with van der Waals surface area (Å²) in [6.07, 6.45) is 0. The van der Waals surface area contributed by atoms with Crippen LogP contribution in [0.4, 0.5) is 5.82 Å². The van der Waals surface area contributed by atoms with Gasteiger partial charge in [0.05, 0.1) is 5.69 Å². The number of benzene rings is 2. The second-order valence-corrected chi connectivity index (χ2v) is 5.89. The van der Waals surface area contributed by atoms with Gasteiger partial charge in [0.25, 0.3) is 0 Å². The normalized spacial score (nSPS) is 10.4. The van der Waals surface area contributed by atoms with Crippen LogP contribution in [0.1, 0.15) is 11.1 Å². The molecule has 0 unspecified atom stereocenters. The summed E-state index contributed by atoms with van der Waals surface area (Å²) in [6, 6.07) is 17.7. The third-order valence-electron chi connectivity index (χ3n) is 3.43. The molecule has 0 saturated heterocycles. The minimum atomic E-state index is 0.351. The Hall–Kier alpha value is -2.58. The Bertz CT molecular complexity index is 855. The van der Waals surface area contributed by atoms with Gasteiger partial charge in [-0.25, -0.2) is 4.68 Å². The van der Waals surface area contributed by atoms with Gasteiger partial charge in [0.15, 0.2) is 0 Å². The fourth-order valence-corrected chi connectivity index (χ4v) is 2.50. The van der Waals surface area contributed by atoms with Crippen LogP contribution in [0.2, 0.25) is 0 Å². The molecule has 0 radical (unpaired) electrons. The first kappa shape index (κ1) is 14.4. The molecule has 2 N–H and O–H groups in total. The predicted octanol–water partition coefficient (Wildman–Crippen LogP) is 4.06. The number of nitrogens with zero attached hydrogens (tertiary/aromatic N) is 3. The smallest absolute Gasteiger partial charge is 0.145 e. The zero-order valence-corrected chi connectivity index (χ0v) is 13.5. The van der Waals surface area contributed by atoms with Gasteiger partial charge in [-0.15, -0.1) is 0 Å². The Morgan fingerprint density at radius 2 is 1.73 bits per heavy atom. The Labute approximate surface area is 136 Å². The summed E-state index contributed by atoms with van der Waals surface area (Å²) < 4.78 is 2.58. The molecule has 0 saturated carbocycles. The predicted molar refractivity (Wildman–Crippen MR) is 90.6 cm³/mol. The number of nitrogens with two attached hydrogens (primary N) is 1. The van der Waals surface area contributed by atoms with Gasteiger partial charge in [0.2, 0.25) is 0 Å². The highest BCUT2D eigenvalue weighted by molar-refractivity contribution is 9.10. The molecular weight excluding hydrogens is 340 g/mol. The molecule has 22 heavy (non-hydrogen) atoms. The van der Waals surface area contributed by atoms with Crippen molar-refractivity contribution in [2.75, 3.05) is 5.73 Å². The van der Waals surface area contributed by atoms with Crippen molar-refractivity contribution in [3.05, 3.63) is 64.1 Å². The van der Waals surface area contributed by atoms with Gasteiger partial charge in [-0.1, -0.05) is 45.8 Å². The molecule has 2 aromatic carbocycles. The van der Waals surface area contributed by atoms with Crippen molar-refractivity contribution < 1.29 is 0 Å². The third-order valence-corrected chi connectivity index (χ3v) is 3.96. The Kier molecular flexibility index (Phi) is 3.70. The van der Waals surface area contributed by atoms with Crippen molar-refractivity contribution in [3.63, 3.8) is 0 Å². The number of halogens is 1. The van der Waals surface area contributed by atoms with E-state index in [2.05, 4.69) is 27.1 Å². The fraction of sp³-hybridized carbons (Fsp3) is 0.0588. The highest BCUT2D eigenvalue weighted by atomic mass is 79.9. The minimum Gasteiger partial charge on any atom is -0.382 e. The summed E-state index contributed by atoms with van der Waals surface area (Å²) in [5, 5.41) is 14.0. The van der Waals surface area contributed by atoms with E-state index < -0.39 is 0 Å². The highest BCUT2D eigenvalue weighted by Crippen LogP contribution is 2.29. The maximum atomic E-state index is 9.43. The number of nitrogen functional groups attached to an aromatic ring is 1. The van der Waals surface area contributed by atoms with Crippen molar-refractivity contribution in [1.82, 2.24) is 9.78 Å². The van der Waals surface area contributed by atoms with E-state index in [9.17, 15) is 5.26 Å². The SMILES string of the molecule is Cc1ccc(-n2nc(-c3ccc(Br)cc3)c(C#N)c2N)cc1. The molecule has 0 atom stereocenters. The molecule has 0 aliphatic carbocycles. The average molecular weight is 353 g/mol. The van der Waals surface area contributed by atoms with Gasteiger partial charge in [0, 0.05) is 10.0 Å². The summed E-state index contributed by atoms with van der Waals surface area (Å²) in [4.78, 5) is 0. The van der Waals surface area contributed by atoms with E-state index >= 15 is 0 Å². The van der Waals surface area contributed by atoms with Gasteiger partial charge < -0.3 is 5.73 Å². The number of aromatic nitrogens is 2. The van der Waals surface area contributed by atoms with Gasteiger partial charge >= 0.3 is 0 Å². The number of rotatable bonds is 2. The van der Waals surface area contributed by atoms with E-state index in [1.54, 1.807) is 4.68 Å². The maximum absolute atomic E-state index is 9.43. The monoisotopic (exact) mass is 352 g/mol. The summed E-state index contributed by atoms with van der Waals surface area (Å²) in [5.74, 6) is 0.351. The molecule has 108 valence electrons. The zero-order valence-electron chi connectivity index (χ0n) is 11.9. The van der Waals surface area contributed by atoms with E-state index in [0.29, 0.717) is 17.1 Å². The lowest BCUT2D eigenvalue weighted by molar-refractivity contribution is 0.894. The first-order valence-corrected chi connectivity index (χ1v) is 7.51. The molecular formula is C17H13BrN4. The van der Waals surface area contributed by atoms with Crippen LogP contribution >= 0.6 is 15.9 Å². The zero-order chi connectivity index (χ0) is 15.7. The van der Waals surface area contributed by atoms with Gasteiger partial charge in [-0.3, -0.25) is 0 Å². The van der Waals surface area contributed by atoms with Crippen LogP contribution in [-0.4, -0.2) is 9.78 Å². The average Bonchev–Trinajstić information content (AvgIpc) is 2.85. The fourth-order valence-electron chi connectivity index (χ4n) is 2.23. The van der Waals surface area contributed by atoms with Crippen molar-refractivity contribution in [2.45, 2.75) is 6.92 Å². The second-order valence-electron chi connectivity index (χ2n) is 4.97. The summed E-state index contributed by atoms with van der Waals surface area (Å²) >= 11 is 3.40. The van der Waals surface area contributed by atoms with Crippen LogP contribution in [-0.2, 0) is 0 Å². The first-order valence-electron chi connectivity index (χ1n) is 6.71. The first-order chi connectivity index (χ1) is 10.6. The molecule has 1 aromatic heterocycles. The molecule has 0 aliphatic heterocycles. The van der Waals surface area contributed by atoms with E-state index in [0.717, 1.165) is 21.3 Å². The Balaban J connectivity index is 2.17. The van der Waals surface area contributed by atoms with Crippen molar-refractivity contribution >= 4 is 21.7 Å². The third kappa shape index (κ3) is 2.49. The number of hydrogen-bond acceptors (Lipinski definition) is 3. The van der Waals surface area contributed by atoms with Gasteiger partial charge in [-0.05, 0) is 31.2 Å². The number of anilines is 1. The maximum Gasteiger partial charge on any atom is 0.145 e. The van der Waals surface area contributed by atoms with Gasteiger partial charge in [-0.2, -0.15) is 10.4 Å². The van der Waals surface area contributed by atoms with Crippen LogP contribution in [0.15, 0.2) is 53.0 Å².